The number of alkyl halides is 2. The number of benzene rings is 2. The highest BCUT2D eigenvalue weighted by atomic mass is 32.1. The van der Waals surface area contributed by atoms with E-state index in [0.29, 0.717) is 17.1 Å². The van der Waals surface area contributed by atoms with Crippen molar-refractivity contribution in [2.75, 3.05) is 17.7 Å². The first-order valence-electron chi connectivity index (χ1n) is 7.17. The average Bonchev–Trinajstić information content (AvgIpc) is 2.50. The first-order chi connectivity index (χ1) is 11.4. The number of thiocarbonyl (C=S) groups is 1. The Morgan fingerprint density at radius 3 is 1.96 bits per heavy atom. The molecule has 2 aromatic carbocycles. The molecule has 0 radical (unpaired) electrons. The smallest absolute Gasteiger partial charge is 0.387 e. The number of methoxy groups -OCH3 is 1. The van der Waals surface area contributed by atoms with Crippen LogP contribution in [0.1, 0.15) is 11.1 Å². The number of hydrogen-bond donors (Lipinski definition) is 2. The predicted octanol–water partition coefficient (Wildman–Crippen LogP) is 4.72. The van der Waals surface area contributed by atoms with Gasteiger partial charge in [0.1, 0.15) is 11.5 Å². The topological polar surface area (TPSA) is 42.5 Å². The van der Waals surface area contributed by atoms with E-state index in [4.69, 9.17) is 17.0 Å². The third-order valence-corrected chi connectivity index (χ3v) is 3.41. The van der Waals surface area contributed by atoms with Crippen molar-refractivity contribution in [3.63, 3.8) is 0 Å². The van der Waals surface area contributed by atoms with Gasteiger partial charge in [0.05, 0.1) is 18.5 Å². The first-order valence-corrected chi connectivity index (χ1v) is 7.58. The SMILES string of the molecule is COc1ccc(C)cc1NC(=S)Nc1cc(C)ccc1OC(F)F. The summed E-state index contributed by atoms with van der Waals surface area (Å²) in [5.41, 5.74) is 2.95. The Hall–Kier alpha value is -2.41. The molecule has 0 aliphatic carbocycles. The minimum Gasteiger partial charge on any atom is -0.495 e. The molecule has 0 aliphatic rings. The van der Waals surface area contributed by atoms with Crippen LogP contribution in [0.15, 0.2) is 36.4 Å². The Bertz CT molecular complexity index is 739. The molecule has 0 aliphatic heterocycles. The van der Waals surface area contributed by atoms with Crippen LogP contribution in [0.3, 0.4) is 0 Å². The number of hydrogen-bond acceptors (Lipinski definition) is 3. The lowest BCUT2D eigenvalue weighted by molar-refractivity contribution is -0.0493. The molecule has 0 aromatic heterocycles. The van der Waals surface area contributed by atoms with Gasteiger partial charge in [-0.1, -0.05) is 12.1 Å². The molecule has 128 valence electrons. The lowest BCUT2D eigenvalue weighted by Gasteiger charge is -2.16. The molecule has 0 heterocycles. The van der Waals surface area contributed by atoms with Crippen molar-refractivity contribution in [3.8, 4) is 11.5 Å². The molecule has 2 rings (SSSR count). The van der Waals surface area contributed by atoms with Gasteiger partial charge in [-0.25, -0.2) is 0 Å². The lowest BCUT2D eigenvalue weighted by atomic mass is 10.2. The van der Waals surface area contributed by atoms with Gasteiger partial charge in [-0.15, -0.1) is 0 Å². The summed E-state index contributed by atoms with van der Waals surface area (Å²) in [6, 6.07) is 10.4. The molecule has 0 saturated heterocycles. The molecule has 2 N–H and O–H groups in total. The molecule has 0 saturated carbocycles. The van der Waals surface area contributed by atoms with E-state index in [2.05, 4.69) is 15.4 Å². The van der Waals surface area contributed by atoms with Crippen molar-refractivity contribution in [2.24, 2.45) is 0 Å². The van der Waals surface area contributed by atoms with Gasteiger partial charge in [0.25, 0.3) is 0 Å². The fraction of sp³-hybridized carbons (Fsp3) is 0.235. The number of anilines is 2. The van der Waals surface area contributed by atoms with E-state index in [1.807, 2.05) is 32.0 Å². The molecule has 0 fully saturated rings. The van der Waals surface area contributed by atoms with E-state index in [-0.39, 0.29) is 10.9 Å². The second-order valence-electron chi connectivity index (χ2n) is 5.16. The molecule has 0 atom stereocenters. The van der Waals surface area contributed by atoms with Crippen LogP contribution >= 0.6 is 12.2 Å². The monoisotopic (exact) mass is 352 g/mol. The van der Waals surface area contributed by atoms with Crippen LogP contribution in [0.5, 0.6) is 11.5 Å². The maximum absolute atomic E-state index is 12.5. The van der Waals surface area contributed by atoms with Crippen molar-refractivity contribution in [2.45, 2.75) is 20.5 Å². The Kier molecular flexibility index (Phi) is 5.92. The number of nitrogens with one attached hydrogen (secondary N) is 2. The fourth-order valence-electron chi connectivity index (χ4n) is 2.14. The minimum atomic E-state index is -2.91. The molecule has 2 aromatic rings. The highest BCUT2D eigenvalue weighted by Gasteiger charge is 2.12. The van der Waals surface area contributed by atoms with Crippen LogP contribution in [-0.4, -0.2) is 18.8 Å². The van der Waals surface area contributed by atoms with Crippen molar-refractivity contribution < 1.29 is 18.3 Å². The summed E-state index contributed by atoms with van der Waals surface area (Å²) in [6.45, 7) is 0.875. The van der Waals surface area contributed by atoms with Gasteiger partial charge >= 0.3 is 6.61 Å². The van der Waals surface area contributed by atoms with E-state index in [1.165, 1.54) is 6.07 Å². The van der Waals surface area contributed by atoms with Crippen molar-refractivity contribution in [1.29, 1.82) is 0 Å². The third-order valence-electron chi connectivity index (χ3n) is 3.20. The quantitative estimate of drug-likeness (QED) is 0.762. The molecule has 0 spiro atoms. The van der Waals surface area contributed by atoms with E-state index < -0.39 is 6.61 Å². The van der Waals surface area contributed by atoms with Gasteiger partial charge in [0.2, 0.25) is 0 Å². The maximum Gasteiger partial charge on any atom is 0.387 e. The van der Waals surface area contributed by atoms with Crippen LogP contribution in [0.4, 0.5) is 20.2 Å². The zero-order chi connectivity index (χ0) is 17.7. The molecular weight excluding hydrogens is 334 g/mol. The summed E-state index contributed by atoms with van der Waals surface area (Å²) in [7, 11) is 1.56. The van der Waals surface area contributed by atoms with Crippen LogP contribution < -0.4 is 20.1 Å². The molecular formula is C17H18F2N2O2S. The summed E-state index contributed by atoms with van der Waals surface area (Å²) in [5.74, 6) is 0.647. The largest absolute Gasteiger partial charge is 0.495 e. The Balaban J connectivity index is 2.18. The molecule has 24 heavy (non-hydrogen) atoms. The molecule has 0 amide bonds. The van der Waals surface area contributed by atoms with Gasteiger partial charge < -0.3 is 20.1 Å². The predicted molar refractivity (Wildman–Crippen MR) is 95.4 cm³/mol. The van der Waals surface area contributed by atoms with E-state index in [0.717, 1.165) is 11.1 Å². The van der Waals surface area contributed by atoms with Gasteiger partial charge in [-0.2, -0.15) is 8.78 Å². The number of rotatable bonds is 5. The Morgan fingerprint density at radius 1 is 0.958 bits per heavy atom. The van der Waals surface area contributed by atoms with Crippen LogP contribution in [0.25, 0.3) is 0 Å². The number of ether oxygens (including phenoxy) is 2. The standard InChI is InChI=1S/C17H18F2N2O2S/c1-10-4-6-14(22-3)12(8-10)20-17(24)21-13-9-11(2)5-7-15(13)23-16(18)19/h4-9,16H,1-3H3,(H2,20,21,24). The molecule has 0 unspecified atom stereocenters. The van der Waals surface area contributed by atoms with E-state index >= 15 is 0 Å². The maximum atomic E-state index is 12.5. The van der Waals surface area contributed by atoms with Crippen LogP contribution in [0, 0.1) is 13.8 Å². The second-order valence-corrected chi connectivity index (χ2v) is 5.57. The zero-order valence-electron chi connectivity index (χ0n) is 13.5. The molecule has 4 nitrogen and oxygen atoms in total. The summed E-state index contributed by atoms with van der Waals surface area (Å²) in [6.07, 6.45) is 0. The first kappa shape index (κ1) is 17.9. The van der Waals surface area contributed by atoms with Crippen molar-refractivity contribution in [1.82, 2.24) is 0 Å². The van der Waals surface area contributed by atoms with Gasteiger partial charge in [-0.3, -0.25) is 0 Å². The van der Waals surface area contributed by atoms with E-state index in [1.54, 1.807) is 19.2 Å². The average molecular weight is 352 g/mol. The van der Waals surface area contributed by atoms with Crippen LogP contribution in [0.2, 0.25) is 0 Å². The van der Waals surface area contributed by atoms with E-state index in [9.17, 15) is 8.78 Å². The minimum absolute atomic E-state index is 0.0240. The third kappa shape index (κ3) is 4.79. The number of halogens is 2. The highest BCUT2D eigenvalue weighted by Crippen LogP contribution is 2.29. The van der Waals surface area contributed by atoms with Gasteiger partial charge in [-0.05, 0) is 61.5 Å². The normalized spacial score (nSPS) is 10.4. The summed E-state index contributed by atoms with van der Waals surface area (Å²) >= 11 is 5.26. The lowest BCUT2D eigenvalue weighted by Crippen LogP contribution is -2.20. The van der Waals surface area contributed by atoms with Crippen molar-refractivity contribution in [3.05, 3.63) is 47.5 Å². The summed E-state index contributed by atoms with van der Waals surface area (Å²) in [4.78, 5) is 0. The Morgan fingerprint density at radius 2 is 1.46 bits per heavy atom. The molecule has 0 bridgehead atoms. The fourth-order valence-corrected chi connectivity index (χ4v) is 2.36. The van der Waals surface area contributed by atoms with Gasteiger partial charge in [0, 0.05) is 0 Å². The Labute approximate surface area is 144 Å². The number of aryl methyl sites for hydroxylation is 2. The highest BCUT2D eigenvalue weighted by molar-refractivity contribution is 7.80. The second kappa shape index (κ2) is 7.92. The van der Waals surface area contributed by atoms with Crippen molar-refractivity contribution >= 4 is 28.7 Å². The summed E-state index contributed by atoms with van der Waals surface area (Å²) in [5, 5.41) is 6.12. The van der Waals surface area contributed by atoms with Gasteiger partial charge in [0.15, 0.2) is 5.11 Å². The summed E-state index contributed by atoms with van der Waals surface area (Å²) < 4.78 is 34.8. The zero-order valence-corrected chi connectivity index (χ0v) is 14.3. The van der Waals surface area contributed by atoms with Crippen LogP contribution in [-0.2, 0) is 0 Å². The molecule has 7 heteroatoms.